The van der Waals surface area contributed by atoms with E-state index in [9.17, 15) is 43.2 Å². The lowest BCUT2D eigenvalue weighted by atomic mass is 10.0. The Morgan fingerprint density at radius 1 is 0.262 bits per heavy atom. The van der Waals surface area contributed by atoms with Gasteiger partial charge in [0, 0.05) is 25.7 Å². The van der Waals surface area contributed by atoms with E-state index in [1.54, 1.807) is 0 Å². The molecule has 0 aliphatic heterocycles. The van der Waals surface area contributed by atoms with E-state index in [2.05, 4.69) is 41.5 Å². The molecule has 0 fully saturated rings. The molecule has 612 valence electrons. The van der Waals surface area contributed by atoms with Crippen LogP contribution in [0.4, 0.5) is 0 Å². The lowest BCUT2D eigenvalue weighted by Crippen LogP contribution is -2.30. The zero-order chi connectivity index (χ0) is 75.6. The second kappa shape index (κ2) is 75.5. The number of aliphatic hydroxyl groups is 1. The minimum Gasteiger partial charge on any atom is -0.462 e. The minimum atomic E-state index is -4.96. The number of hydrogen-bond acceptors (Lipinski definition) is 15. The van der Waals surface area contributed by atoms with Gasteiger partial charge in [0.25, 0.3) is 0 Å². The van der Waals surface area contributed by atoms with Gasteiger partial charge in [0.15, 0.2) is 12.2 Å². The molecule has 0 radical (unpaired) electrons. The molecule has 0 bridgehead atoms. The predicted molar refractivity (Wildman–Crippen MR) is 423 cm³/mol. The summed E-state index contributed by atoms with van der Waals surface area (Å²) in [5.41, 5.74) is 0. The van der Waals surface area contributed by atoms with Crippen LogP contribution in [0.1, 0.15) is 446 Å². The molecule has 0 aromatic heterocycles. The average molecular weight is 1510 g/mol. The SMILES string of the molecule is CCCCCCCCCCCCCCCCCC(=O)O[C@H](COC(=O)CCCCCCCCCCCCCC)COP(=O)(O)OC[C@H](O)COP(=O)(O)OC[C@@H](COC(=O)CCCCCCCCCCCCCCC(C)C)OC(=O)CCCCCCCCCCCCCCCCCCCCC(C)C. The topological polar surface area (TPSA) is 237 Å². The third-order valence-electron chi connectivity index (χ3n) is 19.7. The van der Waals surface area contributed by atoms with Gasteiger partial charge in [0.2, 0.25) is 0 Å². The van der Waals surface area contributed by atoms with Crippen LogP contribution in [0.5, 0.6) is 0 Å². The predicted octanol–water partition coefficient (Wildman–Crippen LogP) is 25.5. The van der Waals surface area contributed by atoms with Crippen molar-refractivity contribution in [3.63, 3.8) is 0 Å². The van der Waals surface area contributed by atoms with Crippen LogP contribution in [-0.2, 0) is 65.4 Å². The number of esters is 4. The van der Waals surface area contributed by atoms with Crippen LogP contribution in [0.15, 0.2) is 0 Å². The van der Waals surface area contributed by atoms with E-state index in [4.69, 9.17) is 37.0 Å². The molecule has 103 heavy (non-hydrogen) atoms. The smallest absolute Gasteiger partial charge is 0.462 e. The Morgan fingerprint density at radius 2 is 0.447 bits per heavy atom. The van der Waals surface area contributed by atoms with E-state index in [1.807, 2.05) is 0 Å². The van der Waals surface area contributed by atoms with Crippen LogP contribution >= 0.6 is 15.6 Å². The molecule has 0 spiro atoms. The summed E-state index contributed by atoms with van der Waals surface area (Å²) in [5.74, 6) is -0.500. The highest BCUT2D eigenvalue weighted by molar-refractivity contribution is 7.47. The lowest BCUT2D eigenvalue weighted by Gasteiger charge is -2.21. The zero-order valence-electron chi connectivity index (χ0n) is 67.6. The number of rotatable bonds is 83. The summed E-state index contributed by atoms with van der Waals surface area (Å²) in [7, 11) is -9.92. The highest BCUT2D eigenvalue weighted by Gasteiger charge is 2.30. The summed E-state index contributed by atoms with van der Waals surface area (Å²) < 4.78 is 68.8. The Kier molecular flexibility index (Phi) is 74.1. The first kappa shape index (κ1) is 101. The first-order chi connectivity index (χ1) is 49.9. The maximum absolute atomic E-state index is 13.1. The molecule has 0 saturated heterocycles. The number of aliphatic hydroxyl groups excluding tert-OH is 1. The van der Waals surface area contributed by atoms with Gasteiger partial charge in [-0.1, -0.05) is 395 Å². The number of carbonyl (C=O) groups is 4. The van der Waals surface area contributed by atoms with Gasteiger partial charge in [-0.2, -0.15) is 0 Å². The fourth-order valence-electron chi connectivity index (χ4n) is 13.1. The third-order valence-corrected chi connectivity index (χ3v) is 21.6. The molecule has 0 aromatic carbocycles. The van der Waals surface area contributed by atoms with Crippen LogP contribution < -0.4 is 0 Å². The van der Waals surface area contributed by atoms with Gasteiger partial charge in [-0.05, 0) is 37.5 Å². The summed E-state index contributed by atoms with van der Waals surface area (Å²) in [6.45, 7) is 9.71. The molecule has 19 heteroatoms. The normalized spacial score (nSPS) is 13.9. The second-order valence-corrected chi connectivity index (χ2v) is 34.1. The summed E-state index contributed by atoms with van der Waals surface area (Å²) in [6, 6.07) is 0. The molecule has 2 unspecified atom stereocenters. The van der Waals surface area contributed by atoms with E-state index in [-0.39, 0.29) is 25.7 Å². The summed E-state index contributed by atoms with van der Waals surface area (Å²) in [5, 5.41) is 10.7. The number of phosphoric acid groups is 2. The van der Waals surface area contributed by atoms with Gasteiger partial charge < -0.3 is 33.8 Å². The first-order valence-corrected chi connectivity index (χ1v) is 46.5. The van der Waals surface area contributed by atoms with E-state index >= 15 is 0 Å². The highest BCUT2D eigenvalue weighted by Crippen LogP contribution is 2.45. The molecule has 0 rings (SSSR count). The molecule has 0 heterocycles. The summed E-state index contributed by atoms with van der Waals surface area (Å²) in [6.07, 6.45) is 66.5. The molecule has 0 aromatic rings. The number of hydrogen-bond donors (Lipinski definition) is 3. The third kappa shape index (κ3) is 78.0. The largest absolute Gasteiger partial charge is 0.472 e. The molecular weight excluding hydrogens is 1340 g/mol. The molecule has 0 saturated carbocycles. The van der Waals surface area contributed by atoms with Crippen molar-refractivity contribution in [2.75, 3.05) is 39.6 Å². The number of phosphoric ester groups is 2. The van der Waals surface area contributed by atoms with E-state index < -0.39 is 97.5 Å². The van der Waals surface area contributed by atoms with E-state index in [0.717, 1.165) is 102 Å². The number of ether oxygens (including phenoxy) is 4. The first-order valence-electron chi connectivity index (χ1n) is 43.5. The molecule has 0 aliphatic carbocycles. The van der Waals surface area contributed by atoms with Crippen LogP contribution in [0.3, 0.4) is 0 Å². The Bertz CT molecular complexity index is 1980. The molecule has 17 nitrogen and oxygen atoms in total. The monoisotopic (exact) mass is 1510 g/mol. The number of unbranched alkanes of at least 4 members (excludes halogenated alkanes) is 53. The molecule has 3 N–H and O–H groups in total. The van der Waals surface area contributed by atoms with Crippen LogP contribution in [0, 0.1) is 11.8 Å². The molecular formula is C84H164O17P2. The highest BCUT2D eigenvalue weighted by atomic mass is 31.2. The quantitative estimate of drug-likeness (QED) is 0.0222. The van der Waals surface area contributed by atoms with Gasteiger partial charge in [0.1, 0.15) is 19.3 Å². The van der Waals surface area contributed by atoms with Crippen LogP contribution in [0.2, 0.25) is 0 Å². The zero-order valence-corrected chi connectivity index (χ0v) is 69.4. The lowest BCUT2D eigenvalue weighted by molar-refractivity contribution is -0.161. The fourth-order valence-corrected chi connectivity index (χ4v) is 14.6. The molecule has 5 atom stereocenters. The Balaban J connectivity index is 5.24. The Morgan fingerprint density at radius 3 is 0.660 bits per heavy atom. The maximum atomic E-state index is 13.1. The van der Waals surface area contributed by atoms with Gasteiger partial charge >= 0.3 is 39.5 Å². The average Bonchev–Trinajstić information content (AvgIpc) is 0.917. The maximum Gasteiger partial charge on any atom is 0.472 e. The van der Waals surface area contributed by atoms with E-state index in [0.29, 0.717) is 25.7 Å². The van der Waals surface area contributed by atoms with Gasteiger partial charge in [-0.3, -0.25) is 37.3 Å². The Hall–Kier alpha value is -1.94. The number of carbonyl (C=O) groups excluding carboxylic acids is 4. The minimum absolute atomic E-state index is 0.109. The van der Waals surface area contributed by atoms with Crippen molar-refractivity contribution in [1.82, 2.24) is 0 Å². The molecule has 0 amide bonds. The van der Waals surface area contributed by atoms with Crippen molar-refractivity contribution >= 4 is 39.5 Å². The van der Waals surface area contributed by atoms with Crippen molar-refractivity contribution in [3.05, 3.63) is 0 Å². The van der Waals surface area contributed by atoms with E-state index in [1.165, 1.54) is 263 Å². The van der Waals surface area contributed by atoms with Crippen molar-refractivity contribution in [1.29, 1.82) is 0 Å². The summed E-state index contributed by atoms with van der Waals surface area (Å²) >= 11 is 0. The van der Waals surface area contributed by atoms with Crippen molar-refractivity contribution in [2.24, 2.45) is 11.8 Å². The van der Waals surface area contributed by atoms with Crippen molar-refractivity contribution < 1.29 is 80.2 Å². The van der Waals surface area contributed by atoms with Gasteiger partial charge in [0.05, 0.1) is 26.4 Å². The fraction of sp³-hybridized carbons (Fsp3) is 0.952. The van der Waals surface area contributed by atoms with Crippen LogP contribution in [-0.4, -0.2) is 96.7 Å². The molecule has 0 aliphatic rings. The second-order valence-electron chi connectivity index (χ2n) is 31.2. The van der Waals surface area contributed by atoms with Crippen molar-refractivity contribution in [3.8, 4) is 0 Å². The van der Waals surface area contributed by atoms with Gasteiger partial charge in [-0.25, -0.2) is 9.13 Å². The standard InChI is InChI=1S/C84H164O17P2/c1-7-9-11-13-15-17-19-21-26-30-38-44-50-56-62-68-83(88)100-79(72-94-81(86)66-60-54-48-42-36-20-18-16-14-12-10-8-2)74-98-102(90,91)96-70-78(85)71-97-103(92,93)99-75-80(73-95-82(87)67-61-55-49-43-37-33-32-35-41-47-53-59-65-77(5)6)101-84(89)69-63-57-51-45-39-31-28-25-23-22-24-27-29-34-40-46-52-58-64-76(3)4/h76-80,85H,7-75H2,1-6H3,(H,90,91)(H,92,93)/t78-,79+,80+/m0/s1. The Labute approximate surface area is 632 Å². The summed E-state index contributed by atoms with van der Waals surface area (Å²) in [4.78, 5) is 73.2. The van der Waals surface area contributed by atoms with Crippen LogP contribution in [0.25, 0.3) is 0 Å². The van der Waals surface area contributed by atoms with Crippen molar-refractivity contribution in [2.45, 2.75) is 464 Å². The van der Waals surface area contributed by atoms with Gasteiger partial charge in [-0.15, -0.1) is 0 Å².